The number of rotatable bonds is 15. The number of hydrogen-bond donors (Lipinski definition) is 9. The van der Waals surface area contributed by atoms with Crippen molar-refractivity contribution in [3.63, 3.8) is 0 Å². The Hall–Kier alpha value is -4.91. The number of nitrogens with one attached hydrogen (secondary N) is 4. The van der Waals surface area contributed by atoms with Gasteiger partial charge in [0.2, 0.25) is 17.7 Å². The molecule has 2 bridgehead atoms. The molecule has 4 heterocycles. The van der Waals surface area contributed by atoms with E-state index in [4.69, 9.17) is 9.47 Å². The van der Waals surface area contributed by atoms with Crippen LogP contribution in [0.1, 0.15) is 145 Å². The number of phenols is 1. The van der Waals surface area contributed by atoms with Gasteiger partial charge in [-0.1, -0.05) is 130 Å². The Morgan fingerprint density at radius 1 is 0.948 bits per heavy atom. The van der Waals surface area contributed by atoms with E-state index in [0.717, 1.165) is 18.4 Å². The molecule has 0 unspecified atom stereocenters. The number of nitrogens with zero attached hydrogens (tertiary/aromatic N) is 1. The SMILES string of the molecule is CCCC[C@H]1C(=O)N[C@@H](C(C)C)C(=O)N[C@@H](Cc2cccc(O)c2)C(=O)N2CCC[C@H](N2)C(=O)O[C@H](/C(C)=C/C=C/CC[C@H](C)[C@@H](O)C[C@@H]2O[C@@]3(NC(=O)[C@@H](CC)C[C@@H]3C)[C@@H](C)[C@@H](O)[C@H]2C)C/C=C\C=C/[C@H](O)[C@H](C)[C@H]1O. The number of piperidine rings is 1. The van der Waals surface area contributed by atoms with Crippen molar-refractivity contribution in [1.29, 1.82) is 0 Å². The van der Waals surface area contributed by atoms with Crippen LogP contribution in [0.5, 0.6) is 5.75 Å². The first kappa shape index (κ1) is 62.9. The highest BCUT2D eigenvalue weighted by molar-refractivity contribution is 5.93. The van der Waals surface area contributed by atoms with Crippen LogP contribution < -0.4 is 21.4 Å². The van der Waals surface area contributed by atoms with Gasteiger partial charge in [0.15, 0.2) is 0 Å². The molecule has 9 N–H and O–H groups in total. The van der Waals surface area contributed by atoms with E-state index in [1.54, 1.807) is 45.1 Å². The molecule has 17 nitrogen and oxygen atoms in total. The predicted octanol–water partition coefficient (Wildman–Crippen LogP) is 6.23. The summed E-state index contributed by atoms with van der Waals surface area (Å²) in [6, 6.07) is 3.16. The quantitative estimate of drug-likeness (QED) is 0.0699. The van der Waals surface area contributed by atoms with E-state index in [2.05, 4.69) is 28.3 Å². The summed E-state index contributed by atoms with van der Waals surface area (Å²) >= 11 is 0. The van der Waals surface area contributed by atoms with Crippen LogP contribution in [0.4, 0.5) is 0 Å². The van der Waals surface area contributed by atoms with E-state index >= 15 is 0 Å². The molecule has 0 aliphatic carbocycles. The number of ether oxygens (including phenoxy) is 2. The molecule has 4 aliphatic rings. The number of cyclic esters (lactones) is 1. The molecule has 1 aromatic rings. The van der Waals surface area contributed by atoms with E-state index in [9.17, 15) is 49.5 Å². The Bertz CT molecular complexity index is 2250. The van der Waals surface area contributed by atoms with E-state index < -0.39 is 102 Å². The zero-order valence-electron chi connectivity index (χ0n) is 47.4. The second-order valence-corrected chi connectivity index (χ2v) is 23.1. The zero-order valence-corrected chi connectivity index (χ0v) is 47.4. The normalized spacial score (nSPS) is 35.3. The summed E-state index contributed by atoms with van der Waals surface area (Å²) in [5.41, 5.74) is 3.36. The van der Waals surface area contributed by atoms with Gasteiger partial charge in [0.25, 0.3) is 5.91 Å². The summed E-state index contributed by atoms with van der Waals surface area (Å²) in [6.45, 7) is 19.2. The van der Waals surface area contributed by atoms with Gasteiger partial charge in [-0.2, -0.15) is 0 Å². The maximum Gasteiger partial charge on any atom is 0.325 e. The maximum atomic E-state index is 14.5. The third-order valence-corrected chi connectivity index (χ3v) is 16.9. The van der Waals surface area contributed by atoms with Gasteiger partial charge in [0.1, 0.15) is 35.7 Å². The number of amides is 4. The predicted molar refractivity (Wildman–Crippen MR) is 295 cm³/mol. The van der Waals surface area contributed by atoms with Gasteiger partial charge in [0.05, 0.1) is 36.4 Å². The van der Waals surface area contributed by atoms with Gasteiger partial charge in [-0.25, -0.2) is 5.43 Å². The minimum Gasteiger partial charge on any atom is -0.508 e. The fraction of sp³-hybridized carbons (Fsp3) is 0.683. The van der Waals surface area contributed by atoms with Crippen molar-refractivity contribution in [1.82, 2.24) is 26.4 Å². The Morgan fingerprint density at radius 2 is 1.69 bits per heavy atom. The second kappa shape index (κ2) is 29.3. The molecule has 17 heteroatoms. The van der Waals surface area contributed by atoms with E-state index in [1.807, 2.05) is 65.8 Å². The van der Waals surface area contributed by atoms with Crippen LogP contribution in [0, 0.1) is 47.3 Å². The van der Waals surface area contributed by atoms with Crippen LogP contribution in [0.2, 0.25) is 0 Å². The molecular formula is C60H93N5O12. The monoisotopic (exact) mass is 1080 g/mol. The smallest absolute Gasteiger partial charge is 0.325 e. The van der Waals surface area contributed by atoms with Crippen molar-refractivity contribution in [2.24, 2.45) is 47.3 Å². The maximum absolute atomic E-state index is 14.5. The number of unbranched alkanes of at least 4 members (excludes halogenated alkanes) is 1. The van der Waals surface area contributed by atoms with Gasteiger partial charge in [-0.05, 0) is 87.0 Å². The minimum atomic E-state index is -1.27. The third kappa shape index (κ3) is 16.6. The summed E-state index contributed by atoms with van der Waals surface area (Å²) in [4.78, 5) is 70.0. The average Bonchev–Trinajstić information content (AvgIpc) is 3.40. The summed E-state index contributed by atoms with van der Waals surface area (Å²) in [7, 11) is 0. The number of aliphatic hydroxyl groups is 4. The fourth-order valence-corrected chi connectivity index (χ4v) is 11.4. The number of fused-ring (bicyclic) bond motifs is 2. The van der Waals surface area contributed by atoms with Gasteiger partial charge >= 0.3 is 5.97 Å². The molecule has 1 spiro atoms. The number of carbonyl (C=O) groups excluding carboxylic acids is 5. The van der Waals surface area contributed by atoms with Gasteiger partial charge in [-0.15, -0.1) is 0 Å². The van der Waals surface area contributed by atoms with E-state index in [-0.39, 0.29) is 60.6 Å². The molecule has 0 aromatic heterocycles. The van der Waals surface area contributed by atoms with E-state index in [1.165, 1.54) is 23.2 Å². The van der Waals surface area contributed by atoms with E-state index in [0.29, 0.717) is 56.9 Å². The lowest BCUT2D eigenvalue weighted by atomic mass is 9.69. The number of phenolic OH excluding ortho intramolecular Hbond substituents is 1. The Labute approximate surface area is 457 Å². The molecule has 77 heavy (non-hydrogen) atoms. The first-order chi connectivity index (χ1) is 36.5. The van der Waals surface area contributed by atoms with Crippen LogP contribution >= 0.6 is 0 Å². The topological polar surface area (TPSA) is 256 Å². The first-order valence-electron chi connectivity index (χ1n) is 28.6. The number of hydrazine groups is 1. The van der Waals surface area contributed by atoms with Crippen molar-refractivity contribution in [2.75, 3.05) is 6.54 Å². The van der Waals surface area contributed by atoms with Crippen molar-refractivity contribution in [3.05, 3.63) is 77.9 Å². The zero-order chi connectivity index (χ0) is 56.7. The molecule has 0 saturated carbocycles. The van der Waals surface area contributed by atoms with Crippen molar-refractivity contribution in [2.45, 2.75) is 207 Å². The summed E-state index contributed by atoms with van der Waals surface area (Å²) in [5, 5.41) is 66.3. The standard InChI is InChI=1S/C60H93N5O12/c1-11-13-26-45-54(70)39(8)48(67)28-18-15-19-29-50(37(6)23-17-14-16-22-36(5)49(68)34-51-40(9)53(69)41(10)60(77-51)38(7)31-43(12-2)55(71)63-60)76-59(75)46-27-21-30-65(64-46)58(74)47(33-42-24-20-25-44(66)32-42)61-57(73)52(35(3)4)62-56(45)72/h14-15,17-20,23-25,28,32,35-36,38-41,43,45-54,64,66-70H,11-13,16,21-22,26-27,29-31,33-34H2,1-10H3,(H,61,73)(H,62,72)(H,63,71)/b17-14+,19-15-,28-18-,37-23+/t36-,38-,39-,40-,41-,43-,45+,46-,47-,48-,49-,50-,51-,52-,53-,54+,60+/m0/s1. The number of allylic oxidation sites excluding steroid dienone is 5. The van der Waals surface area contributed by atoms with Crippen molar-refractivity contribution < 1.29 is 59.0 Å². The summed E-state index contributed by atoms with van der Waals surface area (Å²) in [5.74, 6) is -5.33. The summed E-state index contributed by atoms with van der Waals surface area (Å²) < 4.78 is 12.9. The number of esters is 1. The number of aliphatic hydroxyl groups excluding tert-OH is 4. The van der Waals surface area contributed by atoms with Crippen LogP contribution in [-0.2, 0) is 39.9 Å². The Kier molecular flexibility index (Phi) is 24.0. The highest BCUT2D eigenvalue weighted by Gasteiger charge is 2.57. The Morgan fingerprint density at radius 3 is 2.38 bits per heavy atom. The van der Waals surface area contributed by atoms with Gasteiger partial charge in [0, 0.05) is 55.4 Å². The molecule has 3 saturated heterocycles. The lowest BCUT2D eigenvalue weighted by molar-refractivity contribution is -0.267. The number of aromatic hydroxyl groups is 1. The summed E-state index contributed by atoms with van der Waals surface area (Å²) in [6.07, 6.45) is 13.1. The number of carbonyl (C=O) groups is 5. The van der Waals surface area contributed by atoms with Crippen LogP contribution in [0.25, 0.3) is 0 Å². The molecule has 430 valence electrons. The highest BCUT2D eigenvalue weighted by atomic mass is 16.5. The molecule has 17 atom stereocenters. The van der Waals surface area contributed by atoms with Crippen LogP contribution in [0.15, 0.2) is 72.4 Å². The molecule has 1 aromatic carbocycles. The molecule has 4 aliphatic heterocycles. The minimum absolute atomic E-state index is 0.0161. The molecular weight excluding hydrogens is 983 g/mol. The molecule has 4 amide bonds. The largest absolute Gasteiger partial charge is 0.508 e. The lowest BCUT2D eigenvalue weighted by Crippen LogP contribution is -2.71. The first-order valence-corrected chi connectivity index (χ1v) is 28.6. The molecule has 3 fully saturated rings. The third-order valence-electron chi connectivity index (χ3n) is 16.9. The average molecular weight is 1080 g/mol. The van der Waals surface area contributed by atoms with Gasteiger partial charge in [-0.3, -0.25) is 29.0 Å². The van der Waals surface area contributed by atoms with Gasteiger partial charge < -0.3 is 51.0 Å². The van der Waals surface area contributed by atoms with Crippen LogP contribution in [0.3, 0.4) is 0 Å². The lowest BCUT2D eigenvalue weighted by Gasteiger charge is -2.56. The Balaban J connectivity index is 1.34. The number of benzene rings is 1. The van der Waals surface area contributed by atoms with Crippen LogP contribution in [-0.4, -0.2) is 127 Å². The van der Waals surface area contributed by atoms with Crippen molar-refractivity contribution in [3.8, 4) is 5.75 Å². The molecule has 0 radical (unpaired) electrons. The second-order valence-electron chi connectivity index (χ2n) is 23.1. The highest BCUT2D eigenvalue weighted by Crippen LogP contribution is 2.46. The van der Waals surface area contributed by atoms with Crippen molar-refractivity contribution >= 4 is 29.6 Å². The fourth-order valence-electron chi connectivity index (χ4n) is 11.4. The molecule has 5 rings (SSSR count). The number of hydrogen-bond acceptors (Lipinski definition) is 13.